The lowest BCUT2D eigenvalue weighted by molar-refractivity contribution is 0.137. The molecule has 0 bridgehead atoms. The summed E-state index contributed by atoms with van der Waals surface area (Å²) < 4.78 is 0. The van der Waals surface area contributed by atoms with E-state index in [2.05, 4.69) is 9.97 Å². The minimum atomic E-state index is -1.83. The predicted molar refractivity (Wildman–Crippen MR) is 32.7 cm³/mol. The third-order valence-electron chi connectivity index (χ3n) is 0.478. The molecule has 0 radical (unpaired) electrons. The highest BCUT2D eigenvalue weighted by atomic mass is 16.6. The third-order valence-corrected chi connectivity index (χ3v) is 0.478. The highest BCUT2D eigenvalue weighted by molar-refractivity contribution is 5.53. The highest BCUT2D eigenvalue weighted by Crippen LogP contribution is 1.65. The average Bonchev–Trinajstić information content (AvgIpc) is 1.90. The van der Waals surface area contributed by atoms with E-state index in [0.717, 1.165) is 0 Å². The van der Waals surface area contributed by atoms with E-state index >= 15 is 0 Å². The number of aromatic nitrogens is 2. The van der Waals surface area contributed by atoms with E-state index in [4.69, 9.17) is 15.0 Å². The van der Waals surface area contributed by atoms with Crippen LogP contribution in [0.2, 0.25) is 0 Å². The van der Waals surface area contributed by atoms with Crippen LogP contribution in [0.5, 0.6) is 0 Å². The van der Waals surface area contributed by atoms with Crippen LogP contribution in [0.4, 0.5) is 4.79 Å². The van der Waals surface area contributed by atoms with Crippen LogP contribution in [-0.4, -0.2) is 26.3 Å². The van der Waals surface area contributed by atoms with Gasteiger partial charge in [0.1, 0.15) is 0 Å². The number of hydrogen-bond donors (Lipinski definition) is 2. The van der Waals surface area contributed by atoms with E-state index in [0.29, 0.717) is 0 Å². The molecule has 0 atom stereocenters. The number of nitrogens with zero attached hydrogens (tertiary/aromatic N) is 2. The zero-order valence-electron chi connectivity index (χ0n) is 5.01. The Balaban J connectivity index is 0.000000180. The van der Waals surface area contributed by atoms with Crippen LogP contribution in [0.25, 0.3) is 0 Å². The van der Waals surface area contributed by atoms with Crippen LogP contribution < -0.4 is 0 Å². The summed E-state index contributed by atoms with van der Waals surface area (Å²) in [4.78, 5) is 16.0. The van der Waals surface area contributed by atoms with Gasteiger partial charge in [-0.2, -0.15) is 0 Å². The summed E-state index contributed by atoms with van der Waals surface area (Å²) in [6, 6.07) is 0. The summed E-state index contributed by atoms with van der Waals surface area (Å²) in [5.41, 5.74) is 0. The van der Waals surface area contributed by atoms with Gasteiger partial charge in [-0.15, -0.1) is 0 Å². The number of hydrogen-bond acceptors (Lipinski definition) is 3. The molecule has 5 heteroatoms. The second-order valence-electron chi connectivity index (χ2n) is 1.18. The summed E-state index contributed by atoms with van der Waals surface area (Å²) in [5.74, 6) is 0. The van der Waals surface area contributed by atoms with Gasteiger partial charge in [0.05, 0.1) is 0 Å². The van der Waals surface area contributed by atoms with Crippen LogP contribution in [0.3, 0.4) is 0 Å². The molecule has 0 unspecified atom stereocenters. The molecule has 5 nitrogen and oxygen atoms in total. The molecule has 1 aromatic heterocycles. The van der Waals surface area contributed by atoms with Crippen LogP contribution in [0.15, 0.2) is 24.8 Å². The Morgan fingerprint density at radius 2 is 1.20 bits per heavy atom. The van der Waals surface area contributed by atoms with Gasteiger partial charge in [0.25, 0.3) is 0 Å². The molecule has 54 valence electrons. The van der Waals surface area contributed by atoms with Gasteiger partial charge in [-0.25, -0.2) is 4.79 Å². The first-order valence-corrected chi connectivity index (χ1v) is 2.35. The molecule has 1 heterocycles. The van der Waals surface area contributed by atoms with Crippen molar-refractivity contribution in [1.29, 1.82) is 0 Å². The fraction of sp³-hybridized carbons (Fsp3) is 0. The van der Waals surface area contributed by atoms with Crippen LogP contribution in [-0.2, 0) is 0 Å². The van der Waals surface area contributed by atoms with E-state index in [1.807, 2.05) is 0 Å². The molecule has 2 N–H and O–H groups in total. The number of carboxylic acid groups (broad SMARTS) is 2. The smallest absolute Gasteiger partial charge is 0.450 e. The molecule has 0 aromatic carbocycles. The molecule has 10 heavy (non-hydrogen) atoms. The fourth-order valence-electron chi connectivity index (χ4n) is 0.253. The molecule has 1 rings (SSSR count). The Morgan fingerprint density at radius 1 is 1.00 bits per heavy atom. The van der Waals surface area contributed by atoms with Crippen molar-refractivity contribution in [2.75, 3.05) is 0 Å². The Labute approximate surface area is 57.0 Å². The van der Waals surface area contributed by atoms with Gasteiger partial charge in [0.15, 0.2) is 0 Å². The maximum Gasteiger partial charge on any atom is 0.503 e. The van der Waals surface area contributed by atoms with Gasteiger partial charge < -0.3 is 10.2 Å². The Kier molecular flexibility index (Phi) is 4.58. The topological polar surface area (TPSA) is 83.3 Å². The van der Waals surface area contributed by atoms with Gasteiger partial charge in [-0.1, -0.05) is 0 Å². The molecule has 0 saturated heterocycles. The third kappa shape index (κ3) is 9.61. The van der Waals surface area contributed by atoms with Crippen molar-refractivity contribution in [2.24, 2.45) is 0 Å². The minimum Gasteiger partial charge on any atom is -0.450 e. The Bertz CT molecular complexity index is 147. The minimum absolute atomic E-state index is 1.64. The summed E-state index contributed by atoms with van der Waals surface area (Å²) in [6.45, 7) is 0. The Morgan fingerprint density at radius 3 is 1.30 bits per heavy atom. The maximum atomic E-state index is 8.56. The number of rotatable bonds is 0. The fourth-order valence-corrected chi connectivity index (χ4v) is 0.253. The van der Waals surface area contributed by atoms with E-state index < -0.39 is 6.16 Å². The van der Waals surface area contributed by atoms with Crippen molar-refractivity contribution in [3.63, 3.8) is 0 Å². The first kappa shape index (κ1) is 8.35. The summed E-state index contributed by atoms with van der Waals surface area (Å²) in [6.07, 6.45) is 4.72. The first-order chi connectivity index (χ1) is 4.73. The average molecular weight is 142 g/mol. The standard InChI is InChI=1S/C4H4N2.CH2O3/c1-2-6-4-3-5-1;2-1(3)4/h1-4H;(H2,2,3,4). The van der Waals surface area contributed by atoms with Crippen molar-refractivity contribution >= 4 is 6.16 Å². The quantitative estimate of drug-likeness (QED) is 0.557. The van der Waals surface area contributed by atoms with Gasteiger partial charge >= 0.3 is 6.16 Å². The molecule has 0 aliphatic heterocycles. The molecule has 0 amide bonds. The molecule has 0 saturated carbocycles. The van der Waals surface area contributed by atoms with E-state index in [9.17, 15) is 0 Å². The molecular weight excluding hydrogens is 136 g/mol. The van der Waals surface area contributed by atoms with Crippen molar-refractivity contribution in [1.82, 2.24) is 9.97 Å². The molecule has 0 fully saturated rings. The SMILES string of the molecule is O=C(O)O.c1cnccn1. The zero-order valence-corrected chi connectivity index (χ0v) is 5.01. The van der Waals surface area contributed by atoms with Gasteiger partial charge in [0, 0.05) is 24.8 Å². The van der Waals surface area contributed by atoms with Crippen molar-refractivity contribution in [2.45, 2.75) is 0 Å². The van der Waals surface area contributed by atoms with E-state index in [1.54, 1.807) is 24.8 Å². The number of carbonyl (C=O) groups is 1. The van der Waals surface area contributed by atoms with E-state index in [-0.39, 0.29) is 0 Å². The van der Waals surface area contributed by atoms with Gasteiger partial charge in [-0.3, -0.25) is 9.97 Å². The Hall–Kier alpha value is -1.65. The first-order valence-electron chi connectivity index (χ1n) is 2.35. The molecule has 0 aliphatic carbocycles. The van der Waals surface area contributed by atoms with Crippen LogP contribution in [0, 0.1) is 0 Å². The predicted octanol–water partition coefficient (Wildman–Crippen LogP) is 0.699. The van der Waals surface area contributed by atoms with Crippen molar-refractivity contribution < 1.29 is 15.0 Å². The van der Waals surface area contributed by atoms with Crippen LogP contribution in [0.1, 0.15) is 0 Å². The van der Waals surface area contributed by atoms with Crippen LogP contribution >= 0.6 is 0 Å². The monoisotopic (exact) mass is 142 g/mol. The molecule has 0 spiro atoms. The van der Waals surface area contributed by atoms with Gasteiger partial charge in [0.2, 0.25) is 0 Å². The van der Waals surface area contributed by atoms with Gasteiger partial charge in [-0.05, 0) is 0 Å². The second kappa shape index (κ2) is 5.49. The van der Waals surface area contributed by atoms with Crippen molar-refractivity contribution in [3.05, 3.63) is 24.8 Å². The lowest BCUT2D eigenvalue weighted by Gasteiger charge is -1.70. The summed E-state index contributed by atoms with van der Waals surface area (Å²) in [5, 5.41) is 13.9. The highest BCUT2D eigenvalue weighted by Gasteiger charge is 1.70. The zero-order chi connectivity index (χ0) is 7.82. The molecular formula is C5H6N2O3. The lowest BCUT2D eigenvalue weighted by atomic mass is 10.8. The summed E-state index contributed by atoms with van der Waals surface area (Å²) in [7, 11) is 0. The molecule has 1 aromatic rings. The second-order valence-corrected chi connectivity index (χ2v) is 1.18. The van der Waals surface area contributed by atoms with E-state index in [1.165, 1.54) is 0 Å². The normalized spacial score (nSPS) is 7.20. The maximum absolute atomic E-state index is 8.56. The summed E-state index contributed by atoms with van der Waals surface area (Å²) >= 11 is 0. The largest absolute Gasteiger partial charge is 0.503 e. The molecule has 0 aliphatic rings. The lowest BCUT2D eigenvalue weighted by Crippen LogP contribution is -1.81. The van der Waals surface area contributed by atoms with Crippen molar-refractivity contribution in [3.8, 4) is 0 Å².